The van der Waals surface area contributed by atoms with Gasteiger partial charge in [-0.1, -0.05) is 26.0 Å². The zero-order valence-corrected chi connectivity index (χ0v) is 13.7. The smallest absolute Gasteiger partial charge is 0.119 e. The summed E-state index contributed by atoms with van der Waals surface area (Å²) in [5.41, 5.74) is 7.41. The second-order valence-corrected chi connectivity index (χ2v) is 6.41. The maximum atomic E-state index is 6.12. The summed E-state index contributed by atoms with van der Waals surface area (Å²) in [5.74, 6) is 1.69. The number of hydrogen-bond acceptors (Lipinski definition) is 3. The van der Waals surface area contributed by atoms with E-state index in [9.17, 15) is 0 Å². The molecule has 0 heterocycles. The van der Waals surface area contributed by atoms with Gasteiger partial charge in [0.05, 0.1) is 6.61 Å². The first-order valence-corrected chi connectivity index (χ1v) is 8.34. The second-order valence-electron chi connectivity index (χ2n) is 6.41. The van der Waals surface area contributed by atoms with Crippen LogP contribution in [-0.4, -0.2) is 30.6 Å². The molecular weight excluding hydrogens is 260 g/mol. The molecule has 0 aromatic heterocycles. The van der Waals surface area contributed by atoms with Crippen LogP contribution in [0.1, 0.15) is 51.6 Å². The molecule has 1 unspecified atom stereocenters. The zero-order chi connectivity index (χ0) is 15.2. The molecule has 1 aliphatic rings. The van der Waals surface area contributed by atoms with Crippen molar-refractivity contribution in [3.8, 4) is 5.75 Å². The average Bonchev–Trinajstić information content (AvgIpc) is 3.28. The summed E-state index contributed by atoms with van der Waals surface area (Å²) in [6.45, 7) is 9.12. The van der Waals surface area contributed by atoms with E-state index in [4.69, 9.17) is 10.5 Å². The highest BCUT2D eigenvalue weighted by Crippen LogP contribution is 2.35. The van der Waals surface area contributed by atoms with E-state index in [1.165, 1.54) is 24.8 Å². The van der Waals surface area contributed by atoms with Gasteiger partial charge in [0, 0.05) is 18.6 Å². The number of ether oxygens (including phenoxy) is 1. The van der Waals surface area contributed by atoms with Crippen LogP contribution in [0.2, 0.25) is 0 Å². The Kier molecular flexibility index (Phi) is 6.07. The van der Waals surface area contributed by atoms with Gasteiger partial charge in [-0.3, -0.25) is 4.90 Å². The van der Waals surface area contributed by atoms with Crippen molar-refractivity contribution in [2.24, 2.45) is 11.7 Å². The van der Waals surface area contributed by atoms with Crippen LogP contribution in [0.5, 0.6) is 5.75 Å². The van der Waals surface area contributed by atoms with Crippen molar-refractivity contribution in [3.63, 3.8) is 0 Å². The Morgan fingerprint density at radius 3 is 2.67 bits per heavy atom. The fraction of sp³-hybridized carbons (Fsp3) is 0.667. The van der Waals surface area contributed by atoms with Gasteiger partial charge in [-0.2, -0.15) is 0 Å². The lowest BCUT2D eigenvalue weighted by Crippen LogP contribution is -2.36. The Hall–Kier alpha value is -1.06. The lowest BCUT2D eigenvalue weighted by Gasteiger charge is -2.32. The minimum Gasteiger partial charge on any atom is -0.494 e. The minimum absolute atomic E-state index is 0.316. The first-order valence-electron chi connectivity index (χ1n) is 8.34. The van der Waals surface area contributed by atoms with Crippen molar-refractivity contribution in [2.45, 2.75) is 52.1 Å². The molecule has 118 valence electrons. The normalized spacial score (nSPS) is 16.5. The van der Waals surface area contributed by atoms with Gasteiger partial charge in [0.15, 0.2) is 0 Å². The molecule has 1 fully saturated rings. The zero-order valence-electron chi connectivity index (χ0n) is 13.7. The Labute approximate surface area is 129 Å². The highest BCUT2D eigenvalue weighted by atomic mass is 16.5. The Balaban J connectivity index is 2.13. The van der Waals surface area contributed by atoms with Crippen LogP contribution in [0.3, 0.4) is 0 Å². The fourth-order valence-corrected chi connectivity index (χ4v) is 2.85. The number of rotatable bonds is 9. The fourth-order valence-electron chi connectivity index (χ4n) is 2.85. The molecule has 0 amide bonds. The molecule has 21 heavy (non-hydrogen) atoms. The Morgan fingerprint density at radius 2 is 2.10 bits per heavy atom. The molecule has 1 aromatic rings. The van der Waals surface area contributed by atoms with Gasteiger partial charge >= 0.3 is 0 Å². The number of nitrogens with zero attached hydrogens (tertiary/aromatic N) is 1. The first-order chi connectivity index (χ1) is 10.2. The third-order valence-corrected chi connectivity index (χ3v) is 4.16. The van der Waals surface area contributed by atoms with Crippen LogP contribution in [0, 0.1) is 5.92 Å². The lowest BCUT2D eigenvalue weighted by atomic mass is 10.0. The highest BCUT2D eigenvalue weighted by molar-refractivity contribution is 5.31. The lowest BCUT2D eigenvalue weighted by molar-refractivity contribution is 0.180. The summed E-state index contributed by atoms with van der Waals surface area (Å²) in [5, 5.41) is 0. The molecule has 3 heteroatoms. The third-order valence-electron chi connectivity index (χ3n) is 4.16. The van der Waals surface area contributed by atoms with E-state index in [2.05, 4.69) is 36.9 Å². The van der Waals surface area contributed by atoms with E-state index in [1.54, 1.807) is 0 Å². The van der Waals surface area contributed by atoms with Gasteiger partial charge < -0.3 is 10.5 Å². The van der Waals surface area contributed by atoms with Crippen LogP contribution in [-0.2, 0) is 0 Å². The van der Waals surface area contributed by atoms with Crippen LogP contribution in [0.15, 0.2) is 24.3 Å². The van der Waals surface area contributed by atoms with Gasteiger partial charge in [-0.25, -0.2) is 0 Å². The van der Waals surface area contributed by atoms with Gasteiger partial charge in [-0.05, 0) is 56.3 Å². The van der Waals surface area contributed by atoms with Crippen molar-refractivity contribution in [1.82, 2.24) is 4.90 Å². The molecule has 3 nitrogen and oxygen atoms in total. The van der Waals surface area contributed by atoms with Gasteiger partial charge in [0.2, 0.25) is 0 Å². The molecule has 1 saturated carbocycles. The SMILES string of the molecule is CCOc1cccc(C(CN)N(CCC(C)C)C2CC2)c1. The number of benzene rings is 1. The molecule has 0 bridgehead atoms. The summed E-state index contributed by atoms with van der Waals surface area (Å²) < 4.78 is 5.64. The van der Waals surface area contributed by atoms with Crippen LogP contribution in [0.4, 0.5) is 0 Å². The van der Waals surface area contributed by atoms with E-state index in [0.29, 0.717) is 19.2 Å². The summed E-state index contributed by atoms with van der Waals surface area (Å²) in [4.78, 5) is 2.62. The van der Waals surface area contributed by atoms with E-state index in [0.717, 1.165) is 24.3 Å². The standard InChI is InChI=1S/C18H30N2O/c1-4-21-17-7-5-6-15(12-17)18(13-19)20(16-8-9-16)11-10-14(2)3/h5-7,12,14,16,18H,4,8-11,13,19H2,1-3H3. The predicted octanol–water partition coefficient (Wildman–Crippen LogP) is 3.60. The van der Waals surface area contributed by atoms with Crippen LogP contribution in [0.25, 0.3) is 0 Å². The molecule has 0 aliphatic heterocycles. The van der Waals surface area contributed by atoms with Gasteiger partial charge in [-0.15, -0.1) is 0 Å². The topological polar surface area (TPSA) is 38.5 Å². The molecule has 1 atom stereocenters. The molecule has 2 N–H and O–H groups in total. The minimum atomic E-state index is 0.316. The number of nitrogens with two attached hydrogens (primary N) is 1. The quantitative estimate of drug-likeness (QED) is 0.755. The third kappa shape index (κ3) is 4.72. The van der Waals surface area contributed by atoms with Crippen molar-refractivity contribution in [2.75, 3.05) is 19.7 Å². The molecule has 0 saturated heterocycles. The van der Waals surface area contributed by atoms with Gasteiger partial charge in [0.1, 0.15) is 5.75 Å². The molecule has 0 spiro atoms. The summed E-state index contributed by atoms with van der Waals surface area (Å²) >= 11 is 0. The largest absolute Gasteiger partial charge is 0.494 e. The Bertz CT molecular complexity index is 429. The van der Waals surface area contributed by atoms with Crippen molar-refractivity contribution in [3.05, 3.63) is 29.8 Å². The first kappa shape index (κ1) is 16.3. The summed E-state index contributed by atoms with van der Waals surface area (Å²) in [6.07, 6.45) is 3.87. The molecule has 2 rings (SSSR count). The molecular formula is C18H30N2O. The maximum absolute atomic E-state index is 6.12. The monoisotopic (exact) mass is 290 g/mol. The number of hydrogen-bond donors (Lipinski definition) is 1. The van der Waals surface area contributed by atoms with Gasteiger partial charge in [0.25, 0.3) is 0 Å². The molecule has 1 aromatic carbocycles. The van der Waals surface area contributed by atoms with E-state index >= 15 is 0 Å². The average molecular weight is 290 g/mol. The maximum Gasteiger partial charge on any atom is 0.119 e. The molecule has 1 aliphatic carbocycles. The summed E-state index contributed by atoms with van der Waals surface area (Å²) in [7, 11) is 0. The second kappa shape index (κ2) is 7.81. The van der Waals surface area contributed by atoms with Crippen molar-refractivity contribution < 1.29 is 4.74 Å². The van der Waals surface area contributed by atoms with E-state index in [-0.39, 0.29) is 0 Å². The Morgan fingerprint density at radius 1 is 1.33 bits per heavy atom. The van der Waals surface area contributed by atoms with Crippen LogP contribution < -0.4 is 10.5 Å². The van der Waals surface area contributed by atoms with Crippen molar-refractivity contribution in [1.29, 1.82) is 0 Å². The summed E-state index contributed by atoms with van der Waals surface area (Å²) in [6, 6.07) is 9.49. The van der Waals surface area contributed by atoms with E-state index in [1.807, 2.05) is 13.0 Å². The van der Waals surface area contributed by atoms with Crippen LogP contribution >= 0.6 is 0 Å². The van der Waals surface area contributed by atoms with E-state index < -0.39 is 0 Å². The highest BCUT2D eigenvalue weighted by Gasteiger charge is 2.33. The predicted molar refractivity (Wildman–Crippen MR) is 88.6 cm³/mol. The molecule has 0 radical (unpaired) electrons. The van der Waals surface area contributed by atoms with Crippen molar-refractivity contribution >= 4 is 0 Å².